The molecule has 4 heteroatoms. The van der Waals surface area contributed by atoms with Crippen molar-refractivity contribution < 1.29 is 0 Å². The van der Waals surface area contributed by atoms with Gasteiger partial charge in [0.15, 0.2) is 0 Å². The Kier molecular flexibility index (Phi) is 1.29. The summed E-state index contributed by atoms with van der Waals surface area (Å²) in [7, 11) is 0. The summed E-state index contributed by atoms with van der Waals surface area (Å²) in [6.45, 7) is 2.05. The lowest BCUT2D eigenvalue weighted by Gasteiger charge is -1.90. The first-order valence-corrected chi connectivity index (χ1v) is 4.11. The molecule has 0 radical (unpaired) electrons. The number of fused-ring (bicyclic) bond motifs is 1. The molecule has 56 valence electrons. The van der Waals surface area contributed by atoms with Crippen molar-refractivity contribution in [1.29, 1.82) is 0 Å². The van der Waals surface area contributed by atoms with Crippen LogP contribution < -0.4 is 5.73 Å². The summed E-state index contributed by atoms with van der Waals surface area (Å²) < 4.78 is 0. The van der Waals surface area contributed by atoms with Gasteiger partial charge in [-0.25, -0.2) is 9.97 Å². The predicted molar refractivity (Wildman–Crippen MR) is 46.6 cm³/mol. The molecular formula is C7H7N3S. The van der Waals surface area contributed by atoms with E-state index >= 15 is 0 Å². The van der Waals surface area contributed by atoms with E-state index in [-0.39, 0.29) is 0 Å². The molecule has 0 saturated heterocycles. The van der Waals surface area contributed by atoms with Crippen LogP contribution in [0.4, 0.5) is 5.95 Å². The van der Waals surface area contributed by atoms with Gasteiger partial charge in [0.1, 0.15) is 0 Å². The van der Waals surface area contributed by atoms with E-state index in [4.69, 9.17) is 5.73 Å². The molecule has 0 saturated carbocycles. The van der Waals surface area contributed by atoms with Crippen molar-refractivity contribution in [3.63, 3.8) is 0 Å². The molecule has 2 N–H and O–H groups in total. The molecule has 0 amide bonds. The molecule has 0 aliphatic rings. The lowest BCUT2D eigenvalue weighted by molar-refractivity contribution is 1.24. The molecule has 0 aliphatic heterocycles. The first kappa shape index (κ1) is 6.54. The Bertz CT molecular complexity index is 393. The van der Waals surface area contributed by atoms with E-state index in [0.29, 0.717) is 5.95 Å². The third-order valence-corrected chi connectivity index (χ3v) is 2.48. The number of nitrogen functional groups attached to an aromatic ring is 1. The first-order valence-electron chi connectivity index (χ1n) is 3.23. The SMILES string of the molecule is Cc1scc2nc(N)ncc12. The zero-order valence-electron chi connectivity index (χ0n) is 6.03. The molecule has 0 bridgehead atoms. The van der Waals surface area contributed by atoms with E-state index < -0.39 is 0 Å². The standard InChI is InChI=1S/C7H7N3S/c1-4-5-2-9-7(8)10-6(5)3-11-4/h2-3H,1H3,(H2,8,10). The molecule has 3 nitrogen and oxygen atoms in total. The number of anilines is 1. The van der Waals surface area contributed by atoms with Crippen molar-refractivity contribution in [1.82, 2.24) is 9.97 Å². The Morgan fingerprint density at radius 1 is 1.55 bits per heavy atom. The fourth-order valence-corrected chi connectivity index (χ4v) is 1.73. The third kappa shape index (κ3) is 0.952. The van der Waals surface area contributed by atoms with Gasteiger partial charge in [-0.3, -0.25) is 0 Å². The maximum atomic E-state index is 5.42. The van der Waals surface area contributed by atoms with Gasteiger partial charge < -0.3 is 5.73 Å². The summed E-state index contributed by atoms with van der Waals surface area (Å²) >= 11 is 1.67. The van der Waals surface area contributed by atoms with Crippen LogP contribution in [-0.4, -0.2) is 9.97 Å². The van der Waals surface area contributed by atoms with E-state index in [1.165, 1.54) is 4.88 Å². The topological polar surface area (TPSA) is 51.8 Å². The Morgan fingerprint density at radius 3 is 3.18 bits per heavy atom. The molecule has 2 heterocycles. The van der Waals surface area contributed by atoms with Crippen LogP contribution in [0.2, 0.25) is 0 Å². The second-order valence-electron chi connectivity index (χ2n) is 2.32. The molecule has 0 unspecified atom stereocenters. The van der Waals surface area contributed by atoms with Crippen LogP contribution in [0.5, 0.6) is 0 Å². The average Bonchev–Trinajstić information content (AvgIpc) is 2.32. The molecule has 2 rings (SSSR count). The maximum Gasteiger partial charge on any atom is 0.220 e. The number of aromatic nitrogens is 2. The lowest BCUT2D eigenvalue weighted by Crippen LogP contribution is -1.92. The van der Waals surface area contributed by atoms with Gasteiger partial charge in [-0.2, -0.15) is 0 Å². The number of hydrogen-bond donors (Lipinski definition) is 1. The normalized spacial score (nSPS) is 10.6. The molecule has 0 fully saturated rings. The molecule has 2 aromatic heterocycles. The van der Waals surface area contributed by atoms with Gasteiger partial charge in [-0.05, 0) is 6.92 Å². The van der Waals surface area contributed by atoms with E-state index in [2.05, 4.69) is 9.97 Å². The third-order valence-electron chi connectivity index (χ3n) is 1.56. The Hall–Kier alpha value is -1.16. The molecule has 2 aromatic rings. The summed E-state index contributed by atoms with van der Waals surface area (Å²) in [6.07, 6.45) is 1.77. The monoisotopic (exact) mass is 165 g/mol. The number of nitrogens with zero attached hydrogens (tertiary/aromatic N) is 2. The summed E-state index contributed by atoms with van der Waals surface area (Å²) in [4.78, 5) is 9.22. The van der Waals surface area contributed by atoms with Crippen LogP contribution in [0.3, 0.4) is 0 Å². The lowest BCUT2D eigenvalue weighted by atomic mass is 10.3. The largest absolute Gasteiger partial charge is 0.368 e. The van der Waals surface area contributed by atoms with Gasteiger partial charge >= 0.3 is 0 Å². The zero-order valence-corrected chi connectivity index (χ0v) is 6.85. The summed E-state index contributed by atoms with van der Waals surface area (Å²) in [5.74, 6) is 0.343. The fourth-order valence-electron chi connectivity index (χ4n) is 0.978. The minimum absolute atomic E-state index is 0.343. The smallest absolute Gasteiger partial charge is 0.220 e. The van der Waals surface area contributed by atoms with Crippen LogP contribution in [0, 0.1) is 6.92 Å². The van der Waals surface area contributed by atoms with Gasteiger partial charge in [0.05, 0.1) is 5.52 Å². The van der Waals surface area contributed by atoms with Gasteiger partial charge in [-0.1, -0.05) is 0 Å². The number of nitrogens with two attached hydrogens (primary N) is 1. The first-order chi connectivity index (χ1) is 5.27. The quantitative estimate of drug-likeness (QED) is 0.644. The van der Waals surface area contributed by atoms with Crippen molar-refractivity contribution in [2.75, 3.05) is 5.73 Å². The van der Waals surface area contributed by atoms with E-state index in [0.717, 1.165) is 10.9 Å². The van der Waals surface area contributed by atoms with Gasteiger partial charge in [0.25, 0.3) is 0 Å². The molecule has 11 heavy (non-hydrogen) atoms. The molecule has 0 aromatic carbocycles. The second-order valence-corrected chi connectivity index (χ2v) is 3.40. The van der Waals surface area contributed by atoms with Crippen LogP contribution in [0.15, 0.2) is 11.6 Å². The Balaban J connectivity index is 2.86. The molecular weight excluding hydrogens is 158 g/mol. The highest BCUT2D eigenvalue weighted by Crippen LogP contribution is 2.22. The van der Waals surface area contributed by atoms with E-state index in [9.17, 15) is 0 Å². The average molecular weight is 165 g/mol. The summed E-state index contributed by atoms with van der Waals surface area (Å²) in [5, 5.41) is 3.09. The highest BCUT2D eigenvalue weighted by atomic mass is 32.1. The molecule has 0 aliphatic carbocycles. The van der Waals surface area contributed by atoms with E-state index in [1.807, 2.05) is 12.3 Å². The zero-order chi connectivity index (χ0) is 7.84. The van der Waals surface area contributed by atoms with Crippen LogP contribution >= 0.6 is 11.3 Å². The van der Waals surface area contributed by atoms with Crippen LogP contribution in [0.1, 0.15) is 4.88 Å². The predicted octanol–water partition coefficient (Wildman–Crippen LogP) is 1.58. The van der Waals surface area contributed by atoms with Crippen molar-refractivity contribution in [3.8, 4) is 0 Å². The number of rotatable bonds is 0. The van der Waals surface area contributed by atoms with Crippen LogP contribution in [0.25, 0.3) is 10.9 Å². The molecule has 0 atom stereocenters. The Morgan fingerprint density at radius 2 is 2.36 bits per heavy atom. The van der Waals surface area contributed by atoms with Gasteiger partial charge in [-0.15, -0.1) is 11.3 Å². The van der Waals surface area contributed by atoms with E-state index in [1.54, 1.807) is 17.5 Å². The minimum atomic E-state index is 0.343. The number of thiophene rings is 1. The van der Waals surface area contributed by atoms with Gasteiger partial charge in [0, 0.05) is 21.8 Å². The van der Waals surface area contributed by atoms with Crippen LogP contribution in [-0.2, 0) is 0 Å². The number of hydrogen-bond acceptors (Lipinski definition) is 4. The Labute approximate surface area is 67.9 Å². The van der Waals surface area contributed by atoms with Crippen molar-refractivity contribution in [3.05, 3.63) is 16.5 Å². The minimum Gasteiger partial charge on any atom is -0.368 e. The summed E-state index contributed by atoms with van der Waals surface area (Å²) in [6, 6.07) is 0. The maximum absolute atomic E-state index is 5.42. The van der Waals surface area contributed by atoms with Gasteiger partial charge in [0.2, 0.25) is 5.95 Å². The second kappa shape index (κ2) is 2.17. The number of aryl methyl sites for hydroxylation is 1. The summed E-state index contributed by atoms with van der Waals surface area (Å²) in [5.41, 5.74) is 6.36. The van der Waals surface area contributed by atoms with Crippen molar-refractivity contribution in [2.24, 2.45) is 0 Å². The molecule has 0 spiro atoms. The highest BCUT2D eigenvalue weighted by molar-refractivity contribution is 7.11. The van der Waals surface area contributed by atoms with Crippen molar-refractivity contribution in [2.45, 2.75) is 6.92 Å². The highest BCUT2D eigenvalue weighted by Gasteiger charge is 2.00. The van der Waals surface area contributed by atoms with Crippen molar-refractivity contribution >= 4 is 28.2 Å². The fraction of sp³-hybridized carbons (Fsp3) is 0.143.